The molecule has 0 fully saturated rings. The van der Waals surface area contributed by atoms with Gasteiger partial charge in [-0.2, -0.15) is 0 Å². The summed E-state index contributed by atoms with van der Waals surface area (Å²) in [6.07, 6.45) is 4.33. The molecule has 108 valence electrons. The molecule has 2 rings (SSSR count). The Balaban J connectivity index is 1.86. The predicted molar refractivity (Wildman–Crippen MR) is 79.5 cm³/mol. The summed E-state index contributed by atoms with van der Waals surface area (Å²) in [4.78, 5) is 23.3. The van der Waals surface area contributed by atoms with Gasteiger partial charge in [0.1, 0.15) is 5.76 Å². The quantitative estimate of drug-likeness (QED) is 0.676. The minimum absolute atomic E-state index is 0.372. The van der Waals surface area contributed by atoms with Crippen LogP contribution in [0.3, 0.4) is 0 Å². The number of carbonyl (C=O) groups is 2. The van der Waals surface area contributed by atoms with Gasteiger partial charge in [0, 0.05) is 11.1 Å². The van der Waals surface area contributed by atoms with Gasteiger partial charge in [-0.25, -0.2) is 0 Å². The maximum Gasteiger partial charge on any atom is 0.273 e. The summed E-state index contributed by atoms with van der Waals surface area (Å²) >= 11 is 5.76. The van der Waals surface area contributed by atoms with Gasteiger partial charge < -0.3 is 4.42 Å². The Bertz CT molecular complexity index is 674. The van der Waals surface area contributed by atoms with Gasteiger partial charge in [0.05, 0.1) is 11.8 Å². The predicted octanol–water partition coefficient (Wildman–Crippen LogP) is 2.72. The highest BCUT2D eigenvalue weighted by Gasteiger charge is 2.11. The van der Waals surface area contributed by atoms with E-state index in [9.17, 15) is 9.59 Å². The van der Waals surface area contributed by atoms with E-state index in [2.05, 4.69) is 10.9 Å². The monoisotopic (exact) mass is 304 g/mol. The first-order chi connectivity index (χ1) is 10.1. The maximum absolute atomic E-state index is 11.7. The Morgan fingerprint density at radius 3 is 2.48 bits per heavy atom. The molecule has 6 heteroatoms. The molecular weight excluding hydrogens is 292 g/mol. The number of nitrogens with one attached hydrogen (secondary N) is 2. The highest BCUT2D eigenvalue weighted by molar-refractivity contribution is 6.30. The second kappa shape index (κ2) is 6.76. The molecule has 0 saturated heterocycles. The van der Waals surface area contributed by atoms with Gasteiger partial charge in [0.25, 0.3) is 11.8 Å². The van der Waals surface area contributed by atoms with Crippen molar-refractivity contribution in [2.24, 2.45) is 0 Å². The lowest BCUT2D eigenvalue weighted by Gasteiger charge is -2.04. The molecular formula is C15H13ClN2O3. The highest BCUT2D eigenvalue weighted by Crippen LogP contribution is 2.10. The number of amides is 2. The van der Waals surface area contributed by atoms with Gasteiger partial charge in [-0.1, -0.05) is 23.7 Å². The molecule has 1 heterocycles. The first-order valence-electron chi connectivity index (χ1n) is 6.14. The molecule has 21 heavy (non-hydrogen) atoms. The molecule has 2 aromatic rings. The normalized spacial score (nSPS) is 10.6. The molecule has 1 aromatic carbocycles. The summed E-state index contributed by atoms with van der Waals surface area (Å²) in [5.74, 6) is -0.396. The molecule has 2 N–H and O–H groups in total. The summed E-state index contributed by atoms with van der Waals surface area (Å²) < 4.78 is 5.01. The Morgan fingerprint density at radius 1 is 1.14 bits per heavy atom. The summed E-state index contributed by atoms with van der Waals surface area (Å²) in [6.45, 7) is 1.66. The minimum Gasteiger partial charge on any atom is -0.469 e. The van der Waals surface area contributed by atoms with Gasteiger partial charge in [0.2, 0.25) is 0 Å². The van der Waals surface area contributed by atoms with E-state index in [-0.39, 0.29) is 0 Å². The molecule has 0 aliphatic rings. The number of hydrazine groups is 1. The number of carbonyl (C=O) groups excluding carboxylic acids is 2. The van der Waals surface area contributed by atoms with Crippen LogP contribution in [0.5, 0.6) is 0 Å². The van der Waals surface area contributed by atoms with Crippen LogP contribution in [0.4, 0.5) is 0 Å². The second-order valence-electron chi connectivity index (χ2n) is 4.22. The Morgan fingerprint density at radius 2 is 1.86 bits per heavy atom. The smallest absolute Gasteiger partial charge is 0.273 e. The lowest BCUT2D eigenvalue weighted by molar-refractivity contribution is -0.117. The fourth-order valence-electron chi connectivity index (χ4n) is 1.59. The molecule has 0 bridgehead atoms. The number of halogens is 1. The lowest BCUT2D eigenvalue weighted by Crippen LogP contribution is -2.40. The van der Waals surface area contributed by atoms with Crippen molar-refractivity contribution in [2.75, 3.05) is 0 Å². The van der Waals surface area contributed by atoms with Crippen molar-refractivity contribution in [1.82, 2.24) is 10.9 Å². The topological polar surface area (TPSA) is 71.3 Å². The Hall–Kier alpha value is -2.53. The number of hydrogen-bond donors (Lipinski definition) is 2. The largest absolute Gasteiger partial charge is 0.469 e. The lowest BCUT2D eigenvalue weighted by atomic mass is 10.2. The van der Waals surface area contributed by atoms with Gasteiger partial charge in [-0.15, -0.1) is 0 Å². The maximum atomic E-state index is 11.7. The standard InChI is InChI=1S/C15H13ClN2O3/c1-10-13(8-9-21-10)15(20)18-17-14(19)7-4-11-2-5-12(16)6-3-11/h2-9H,1H3,(H,17,19)(H,18,20)/b7-4+. The van der Waals surface area contributed by atoms with Crippen molar-refractivity contribution in [3.63, 3.8) is 0 Å². The van der Waals surface area contributed by atoms with E-state index >= 15 is 0 Å². The summed E-state index contributed by atoms with van der Waals surface area (Å²) in [5.41, 5.74) is 5.78. The van der Waals surface area contributed by atoms with Crippen molar-refractivity contribution >= 4 is 29.5 Å². The first kappa shape index (κ1) is 14.9. The Kier molecular flexibility index (Phi) is 4.79. The van der Waals surface area contributed by atoms with Gasteiger partial charge >= 0.3 is 0 Å². The van der Waals surface area contributed by atoms with Crippen LogP contribution in [0, 0.1) is 6.92 Å². The number of aryl methyl sites for hydroxylation is 1. The molecule has 2 amide bonds. The van der Waals surface area contributed by atoms with Gasteiger partial charge in [-0.3, -0.25) is 20.4 Å². The third-order valence-electron chi connectivity index (χ3n) is 2.70. The zero-order valence-electron chi connectivity index (χ0n) is 11.2. The molecule has 0 aliphatic carbocycles. The molecule has 0 aliphatic heterocycles. The average molecular weight is 305 g/mol. The fourth-order valence-corrected chi connectivity index (χ4v) is 1.72. The van der Waals surface area contributed by atoms with Crippen LogP contribution in [0.25, 0.3) is 6.08 Å². The van der Waals surface area contributed by atoms with Crippen LogP contribution in [0.2, 0.25) is 5.02 Å². The van der Waals surface area contributed by atoms with E-state index < -0.39 is 11.8 Å². The third-order valence-corrected chi connectivity index (χ3v) is 2.95. The second-order valence-corrected chi connectivity index (χ2v) is 4.66. The molecule has 0 unspecified atom stereocenters. The van der Waals surface area contributed by atoms with Crippen LogP contribution < -0.4 is 10.9 Å². The highest BCUT2D eigenvalue weighted by atomic mass is 35.5. The van der Waals surface area contributed by atoms with Crippen LogP contribution in [0.1, 0.15) is 21.7 Å². The van der Waals surface area contributed by atoms with Crippen LogP contribution >= 0.6 is 11.6 Å². The number of hydrogen-bond acceptors (Lipinski definition) is 3. The average Bonchev–Trinajstić information content (AvgIpc) is 2.90. The summed E-state index contributed by atoms with van der Waals surface area (Å²) in [6, 6.07) is 8.53. The van der Waals surface area contributed by atoms with E-state index in [4.69, 9.17) is 16.0 Å². The minimum atomic E-state index is -0.445. The van der Waals surface area contributed by atoms with Gasteiger partial charge in [0.15, 0.2) is 0 Å². The molecule has 0 atom stereocenters. The van der Waals surface area contributed by atoms with E-state index in [1.165, 1.54) is 18.4 Å². The summed E-state index contributed by atoms with van der Waals surface area (Å²) in [7, 11) is 0. The van der Waals surface area contributed by atoms with E-state index in [0.717, 1.165) is 5.56 Å². The van der Waals surface area contributed by atoms with Crippen LogP contribution in [-0.2, 0) is 4.79 Å². The number of rotatable bonds is 3. The van der Waals surface area contributed by atoms with Crippen molar-refractivity contribution < 1.29 is 14.0 Å². The molecule has 0 radical (unpaired) electrons. The zero-order chi connectivity index (χ0) is 15.2. The zero-order valence-corrected chi connectivity index (χ0v) is 12.0. The summed E-state index contributed by atoms with van der Waals surface area (Å²) in [5, 5.41) is 0.624. The van der Waals surface area contributed by atoms with Gasteiger partial charge in [-0.05, 0) is 36.8 Å². The first-order valence-corrected chi connectivity index (χ1v) is 6.52. The van der Waals surface area contributed by atoms with E-state index in [1.54, 1.807) is 37.3 Å². The molecule has 5 nitrogen and oxygen atoms in total. The molecule has 0 saturated carbocycles. The molecule has 1 aromatic heterocycles. The van der Waals surface area contributed by atoms with E-state index in [0.29, 0.717) is 16.3 Å². The fraction of sp³-hybridized carbons (Fsp3) is 0.0667. The van der Waals surface area contributed by atoms with E-state index in [1.807, 2.05) is 0 Å². The van der Waals surface area contributed by atoms with Crippen LogP contribution in [-0.4, -0.2) is 11.8 Å². The number of benzene rings is 1. The third kappa shape index (κ3) is 4.22. The van der Waals surface area contributed by atoms with Crippen molar-refractivity contribution in [2.45, 2.75) is 6.92 Å². The number of furan rings is 1. The van der Waals surface area contributed by atoms with Crippen molar-refractivity contribution in [3.05, 3.63) is 64.6 Å². The van der Waals surface area contributed by atoms with Crippen molar-refractivity contribution in [1.29, 1.82) is 0 Å². The SMILES string of the molecule is Cc1occc1C(=O)NNC(=O)/C=C/c1ccc(Cl)cc1. The van der Waals surface area contributed by atoms with Crippen molar-refractivity contribution in [3.8, 4) is 0 Å². The Labute approximate surface area is 126 Å². The van der Waals surface area contributed by atoms with Crippen LogP contribution in [0.15, 0.2) is 47.1 Å². The molecule has 0 spiro atoms.